The van der Waals surface area contributed by atoms with Crippen LogP contribution in [0.4, 0.5) is 0 Å². The Morgan fingerprint density at radius 1 is 0.958 bits per heavy atom. The van der Waals surface area contributed by atoms with Crippen molar-refractivity contribution in [2.45, 2.75) is 18.3 Å². The Morgan fingerprint density at radius 2 is 1.58 bits per heavy atom. The van der Waals surface area contributed by atoms with Gasteiger partial charge < -0.3 is 5.11 Å². The highest BCUT2D eigenvalue weighted by Gasteiger charge is 2.51. The smallest absolute Gasteiger partial charge is 0.273 e. The summed E-state index contributed by atoms with van der Waals surface area (Å²) < 4.78 is 0. The van der Waals surface area contributed by atoms with Crippen molar-refractivity contribution in [1.29, 1.82) is 0 Å². The molecule has 2 aromatic rings. The van der Waals surface area contributed by atoms with Gasteiger partial charge in [0, 0.05) is 10.0 Å². The van der Waals surface area contributed by atoms with Crippen LogP contribution >= 0.6 is 23.2 Å². The molecule has 124 valence electrons. The number of halogens is 2. The lowest BCUT2D eigenvalue weighted by Gasteiger charge is -2.16. The Hall–Kier alpha value is -2.24. The molecule has 7 heteroatoms. The molecule has 0 spiro atoms. The number of rotatable bonds is 3. The van der Waals surface area contributed by atoms with Crippen molar-refractivity contribution in [2.75, 3.05) is 0 Å². The van der Waals surface area contributed by atoms with Crippen molar-refractivity contribution >= 4 is 35.0 Å². The molecular formula is C17H14Cl2N2O3. The van der Waals surface area contributed by atoms with E-state index in [-0.39, 0.29) is 17.2 Å². The number of carbonyl (C=O) groups excluding carboxylic acids is 2. The summed E-state index contributed by atoms with van der Waals surface area (Å²) in [5.41, 5.74) is 4.92. The van der Waals surface area contributed by atoms with Crippen LogP contribution in [0.5, 0.6) is 5.75 Å². The molecule has 1 saturated carbocycles. The molecule has 1 aliphatic carbocycles. The minimum Gasteiger partial charge on any atom is -0.507 e. The van der Waals surface area contributed by atoms with E-state index in [1.165, 1.54) is 18.2 Å². The van der Waals surface area contributed by atoms with Crippen LogP contribution in [-0.2, 0) is 10.2 Å². The number of phenolic OH excluding ortho intramolecular Hbond substituents is 1. The van der Waals surface area contributed by atoms with Crippen molar-refractivity contribution in [3.8, 4) is 5.75 Å². The first-order valence-corrected chi connectivity index (χ1v) is 8.03. The number of amides is 2. The van der Waals surface area contributed by atoms with Crippen molar-refractivity contribution in [2.24, 2.45) is 0 Å². The van der Waals surface area contributed by atoms with Crippen LogP contribution in [0.25, 0.3) is 0 Å². The fourth-order valence-corrected chi connectivity index (χ4v) is 2.83. The molecule has 1 aliphatic rings. The summed E-state index contributed by atoms with van der Waals surface area (Å²) in [6.45, 7) is 0. The largest absolute Gasteiger partial charge is 0.507 e. The Balaban J connectivity index is 1.68. The van der Waals surface area contributed by atoms with E-state index >= 15 is 0 Å². The number of nitrogens with one attached hydrogen (secondary N) is 2. The van der Waals surface area contributed by atoms with Crippen molar-refractivity contribution in [3.05, 3.63) is 63.6 Å². The first-order chi connectivity index (χ1) is 11.4. The maximum absolute atomic E-state index is 12.5. The highest BCUT2D eigenvalue weighted by Crippen LogP contribution is 2.48. The highest BCUT2D eigenvalue weighted by molar-refractivity contribution is 6.31. The SMILES string of the molecule is O=C(NNC(=O)C1(c2ccc(Cl)cc2)CC1)c1cc(Cl)ccc1O. The molecule has 3 rings (SSSR count). The molecule has 0 atom stereocenters. The lowest BCUT2D eigenvalue weighted by Crippen LogP contribution is -2.46. The van der Waals surface area contributed by atoms with Gasteiger partial charge in [0.1, 0.15) is 5.75 Å². The summed E-state index contributed by atoms with van der Waals surface area (Å²) in [4.78, 5) is 24.5. The van der Waals surface area contributed by atoms with Gasteiger partial charge in [-0.25, -0.2) is 0 Å². The van der Waals surface area contributed by atoms with Gasteiger partial charge in [-0.1, -0.05) is 35.3 Å². The third kappa shape index (κ3) is 3.18. The second kappa shape index (κ2) is 6.34. The minimum atomic E-state index is -0.645. The van der Waals surface area contributed by atoms with E-state index in [9.17, 15) is 14.7 Å². The quantitative estimate of drug-likeness (QED) is 0.731. The van der Waals surface area contributed by atoms with E-state index in [1.54, 1.807) is 24.3 Å². The summed E-state index contributed by atoms with van der Waals surface area (Å²) in [6, 6.07) is 11.2. The van der Waals surface area contributed by atoms with Crippen molar-refractivity contribution in [3.63, 3.8) is 0 Å². The number of hydrogen-bond donors (Lipinski definition) is 3. The zero-order valence-corrected chi connectivity index (χ0v) is 14.0. The van der Waals surface area contributed by atoms with E-state index in [0.717, 1.165) is 5.56 Å². The zero-order chi connectivity index (χ0) is 17.3. The predicted octanol–water partition coefficient (Wildman–Crippen LogP) is 3.19. The van der Waals surface area contributed by atoms with E-state index < -0.39 is 11.3 Å². The van der Waals surface area contributed by atoms with Crippen molar-refractivity contribution in [1.82, 2.24) is 10.9 Å². The first-order valence-electron chi connectivity index (χ1n) is 7.28. The van der Waals surface area contributed by atoms with Crippen LogP contribution in [0.3, 0.4) is 0 Å². The summed E-state index contributed by atoms with van der Waals surface area (Å²) in [7, 11) is 0. The Bertz CT molecular complexity index is 802. The fourth-order valence-electron chi connectivity index (χ4n) is 2.53. The number of hydrogen-bond acceptors (Lipinski definition) is 3. The molecule has 0 heterocycles. The highest BCUT2D eigenvalue weighted by atomic mass is 35.5. The monoisotopic (exact) mass is 364 g/mol. The Labute approximate surface area is 148 Å². The molecular weight excluding hydrogens is 351 g/mol. The van der Waals surface area contributed by atoms with Gasteiger partial charge in [-0.15, -0.1) is 0 Å². The second-order valence-electron chi connectivity index (χ2n) is 5.66. The fraction of sp³-hybridized carbons (Fsp3) is 0.176. The van der Waals surface area contributed by atoms with E-state index in [0.29, 0.717) is 22.9 Å². The molecule has 0 aromatic heterocycles. The van der Waals surface area contributed by atoms with Crippen molar-refractivity contribution < 1.29 is 14.7 Å². The summed E-state index contributed by atoms with van der Waals surface area (Å²) in [5, 5.41) is 10.6. The average Bonchev–Trinajstić information content (AvgIpc) is 3.37. The minimum absolute atomic E-state index is 0.0147. The summed E-state index contributed by atoms with van der Waals surface area (Å²) in [6.07, 6.45) is 1.39. The van der Waals surface area contributed by atoms with Gasteiger partial charge in [0.15, 0.2) is 0 Å². The van der Waals surface area contributed by atoms with E-state index in [2.05, 4.69) is 10.9 Å². The molecule has 24 heavy (non-hydrogen) atoms. The molecule has 0 bridgehead atoms. The van der Waals surface area contributed by atoms with Crippen LogP contribution in [0.1, 0.15) is 28.8 Å². The predicted molar refractivity (Wildman–Crippen MR) is 91.1 cm³/mol. The van der Waals surface area contributed by atoms with Crippen LogP contribution in [0.15, 0.2) is 42.5 Å². The van der Waals surface area contributed by atoms with Gasteiger partial charge in [-0.2, -0.15) is 0 Å². The second-order valence-corrected chi connectivity index (χ2v) is 6.53. The third-order valence-electron chi connectivity index (χ3n) is 4.07. The van der Waals surface area contributed by atoms with Gasteiger partial charge >= 0.3 is 0 Å². The van der Waals surface area contributed by atoms with E-state index in [4.69, 9.17) is 23.2 Å². The van der Waals surface area contributed by atoms with Gasteiger partial charge in [-0.3, -0.25) is 20.4 Å². The summed E-state index contributed by atoms with van der Waals surface area (Å²) in [5.74, 6) is -1.17. The van der Waals surface area contributed by atoms with E-state index in [1.807, 2.05) is 0 Å². The normalized spacial score (nSPS) is 14.8. The molecule has 2 amide bonds. The van der Waals surface area contributed by atoms with Crippen LogP contribution in [0, 0.1) is 0 Å². The van der Waals surface area contributed by atoms with Crippen LogP contribution < -0.4 is 10.9 Å². The third-order valence-corrected chi connectivity index (χ3v) is 4.56. The molecule has 0 saturated heterocycles. The Kier molecular flexibility index (Phi) is 4.39. The molecule has 5 nitrogen and oxygen atoms in total. The molecule has 1 fully saturated rings. The maximum Gasteiger partial charge on any atom is 0.273 e. The van der Waals surface area contributed by atoms with Gasteiger partial charge in [-0.05, 0) is 48.7 Å². The summed E-state index contributed by atoms with van der Waals surface area (Å²) >= 11 is 11.7. The zero-order valence-electron chi connectivity index (χ0n) is 12.5. The number of hydrazine groups is 1. The maximum atomic E-state index is 12.5. The molecule has 0 aliphatic heterocycles. The van der Waals surface area contributed by atoms with Gasteiger partial charge in [0.2, 0.25) is 5.91 Å². The van der Waals surface area contributed by atoms with Gasteiger partial charge in [0.25, 0.3) is 5.91 Å². The molecule has 0 unspecified atom stereocenters. The lowest BCUT2D eigenvalue weighted by atomic mass is 9.95. The average molecular weight is 365 g/mol. The molecule has 2 aromatic carbocycles. The lowest BCUT2D eigenvalue weighted by molar-refractivity contribution is -0.124. The van der Waals surface area contributed by atoms with Crippen LogP contribution in [-0.4, -0.2) is 16.9 Å². The number of aromatic hydroxyl groups is 1. The standard InChI is InChI=1S/C17H14Cl2N2O3/c18-11-3-1-10(2-4-11)17(7-8-17)16(24)21-20-15(23)13-9-12(19)5-6-14(13)22/h1-6,9,22H,7-8H2,(H,20,23)(H,21,24). The molecule has 3 N–H and O–H groups in total. The number of carbonyl (C=O) groups is 2. The first kappa shape index (κ1) is 16.6. The number of phenols is 1. The molecule has 0 radical (unpaired) electrons. The number of benzene rings is 2. The van der Waals surface area contributed by atoms with Crippen LogP contribution in [0.2, 0.25) is 10.0 Å². The topological polar surface area (TPSA) is 78.4 Å². The Morgan fingerprint density at radius 3 is 2.21 bits per heavy atom. The van der Waals surface area contributed by atoms with Gasteiger partial charge in [0.05, 0.1) is 11.0 Å².